The van der Waals surface area contributed by atoms with Gasteiger partial charge in [-0.05, 0) is 24.6 Å². The summed E-state index contributed by atoms with van der Waals surface area (Å²) in [5.74, 6) is 0.326. The molecule has 0 bridgehead atoms. The number of rotatable bonds is 11. The lowest BCUT2D eigenvalue weighted by molar-refractivity contribution is -0.117. The lowest BCUT2D eigenvalue weighted by atomic mass is 10.1. The van der Waals surface area contributed by atoms with E-state index in [4.69, 9.17) is 14.2 Å². The van der Waals surface area contributed by atoms with Gasteiger partial charge in [0.1, 0.15) is 17.4 Å². The van der Waals surface area contributed by atoms with Gasteiger partial charge in [0.2, 0.25) is 0 Å². The van der Waals surface area contributed by atoms with Crippen molar-refractivity contribution >= 4 is 5.91 Å². The Morgan fingerprint density at radius 1 is 1.19 bits per heavy atom. The molecule has 1 N–H and O–H groups in total. The molecule has 0 heterocycles. The average Bonchev–Trinajstić information content (AvgIpc) is 2.67. The molecule has 1 atom stereocenters. The number of carbonyl (C=O) groups excluding carboxylic acids is 1. The Morgan fingerprint density at radius 2 is 1.77 bits per heavy atom. The van der Waals surface area contributed by atoms with Crippen LogP contribution in [0.4, 0.5) is 0 Å². The maximum atomic E-state index is 12.4. The summed E-state index contributed by atoms with van der Waals surface area (Å²) in [4.78, 5) is 14.3. The number of methoxy groups -OCH3 is 3. The Hall–Kier alpha value is -2.56. The smallest absolute Gasteiger partial charge is 0.263 e. The zero-order chi connectivity index (χ0) is 19.4. The molecule has 0 saturated carbocycles. The molecular weight excluding hydrogens is 334 g/mol. The molecule has 0 radical (unpaired) electrons. The summed E-state index contributed by atoms with van der Waals surface area (Å²) in [5.41, 5.74) is 0.963. The van der Waals surface area contributed by atoms with Gasteiger partial charge in [-0.1, -0.05) is 12.1 Å². The van der Waals surface area contributed by atoms with E-state index in [2.05, 4.69) is 5.32 Å². The molecule has 1 aromatic rings. The first-order valence-electron chi connectivity index (χ1n) is 8.34. The number of benzene rings is 1. The molecule has 142 valence electrons. The summed E-state index contributed by atoms with van der Waals surface area (Å²) < 4.78 is 15.3. The number of hydrogen-bond acceptors (Lipinski definition) is 6. The Morgan fingerprint density at radius 3 is 2.23 bits per heavy atom. The fourth-order valence-electron chi connectivity index (χ4n) is 2.23. The normalized spacial score (nSPS) is 12.2. The van der Waals surface area contributed by atoms with Gasteiger partial charge in [-0.25, -0.2) is 0 Å². The highest BCUT2D eigenvalue weighted by Crippen LogP contribution is 2.17. The molecule has 0 spiro atoms. The average molecular weight is 361 g/mol. The van der Waals surface area contributed by atoms with Crippen LogP contribution in [0.2, 0.25) is 0 Å². The van der Waals surface area contributed by atoms with Crippen LogP contribution in [0.3, 0.4) is 0 Å². The van der Waals surface area contributed by atoms with Crippen molar-refractivity contribution < 1.29 is 19.0 Å². The Balaban J connectivity index is 2.79. The molecule has 0 aromatic heterocycles. The second kappa shape index (κ2) is 11.9. The van der Waals surface area contributed by atoms with Gasteiger partial charge in [-0.15, -0.1) is 0 Å². The van der Waals surface area contributed by atoms with Crippen LogP contribution in [0, 0.1) is 11.3 Å². The van der Waals surface area contributed by atoms with Crippen LogP contribution in [0.1, 0.15) is 18.5 Å². The predicted molar refractivity (Wildman–Crippen MR) is 98.6 cm³/mol. The Kier molecular flexibility index (Phi) is 9.83. The third kappa shape index (κ3) is 7.13. The van der Waals surface area contributed by atoms with E-state index in [1.165, 1.54) is 0 Å². The van der Waals surface area contributed by atoms with Crippen molar-refractivity contribution in [2.45, 2.75) is 13.0 Å². The van der Waals surface area contributed by atoms with Crippen LogP contribution in [0.25, 0.3) is 0 Å². The second-order valence-corrected chi connectivity index (χ2v) is 5.64. The fraction of sp³-hybridized carbons (Fsp3) is 0.474. The Labute approximate surface area is 155 Å². The van der Waals surface area contributed by atoms with Crippen LogP contribution >= 0.6 is 0 Å². The van der Waals surface area contributed by atoms with Gasteiger partial charge in [-0.2, -0.15) is 5.26 Å². The first kappa shape index (κ1) is 21.5. The summed E-state index contributed by atoms with van der Waals surface area (Å²) in [5, 5.41) is 12.2. The van der Waals surface area contributed by atoms with Crippen molar-refractivity contribution in [2.24, 2.45) is 0 Å². The maximum absolute atomic E-state index is 12.4. The topological polar surface area (TPSA) is 83.8 Å². The van der Waals surface area contributed by atoms with Crippen molar-refractivity contribution in [1.29, 1.82) is 5.26 Å². The number of carbonyl (C=O) groups is 1. The van der Waals surface area contributed by atoms with E-state index in [0.29, 0.717) is 26.3 Å². The van der Waals surface area contributed by atoms with E-state index in [0.717, 1.165) is 11.3 Å². The SMILES string of the molecule is COCCN(/C=C(/C#N)C(=O)NC(C)c1ccc(OC)cc1)CCOC. The van der Waals surface area contributed by atoms with Crippen molar-refractivity contribution in [3.63, 3.8) is 0 Å². The Bertz CT molecular complexity index is 615. The summed E-state index contributed by atoms with van der Waals surface area (Å²) in [6.45, 7) is 3.96. The van der Waals surface area contributed by atoms with Crippen molar-refractivity contribution in [2.75, 3.05) is 47.6 Å². The molecule has 7 nitrogen and oxygen atoms in total. The van der Waals surface area contributed by atoms with Crippen LogP contribution in [0.5, 0.6) is 5.75 Å². The zero-order valence-electron chi connectivity index (χ0n) is 15.8. The molecule has 1 unspecified atom stereocenters. The van der Waals surface area contributed by atoms with Crippen molar-refractivity contribution in [3.8, 4) is 11.8 Å². The highest BCUT2D eigenvalue weighted by molar-refractivity contribution is 5.97. The first-order chi connectivity index (χ1) is 12.5. The van der Waals surface area contributed by atoms with Gasteiger partial charge in [0, 0.05) is 33.5 Å². The summed E-state index contributed by atoms with van der Waals surface area (Å²) in [6.07, 6.45) is 1.55. The third-order valence-electron chi connectivity index (χ3n) is 3.81. The molecule has 0 aliphatic heterocycles. The van der Waals surface area contributed by atoms with Crippen molar-refractivity contribution in [1.82, 2.24) is 10.2 Å². The van der Waals surface area contributed by atoms with E-state index < -0.39 is 5.91 Å². The fourth-order valence-corrected chi connectivity index (χ4v) is 2.23. The number of nitrogens with one attached hydrogen (secondary N) is 1. The maximum Gasteiger partial charge on any atom is 0.263 e. The first-order valence-corrected chi connectivity index (χ1v) is 8.34. The predicted octanol–water partition coefficient (Wildman–Crippen LogP) is 1.87. The number of nitriles is 1. The largest absolute Gasteiger partial charge is 0.497 e. The van der Waals surface area contributed by atoms with Crippen molar-refractivity contribution in [3.05, 3.63) is 41.6 Å². The molecule has 0 fully saturated rings. The molecule has 1 amide bonds. The third-order valence-corrected chi connectivity index (χ3v) is 3.81. The number of ether oxygens (including phenoxy) is 3. The summed E-state index contributed by atoms with van der Waals surface area (Å²) in [7, 11) is 4.81. The molecule has 1 rings (SSSR count). The summed E-state index contributed by atoms with van der Waals surface area (Å²) >= 11 is 0. The molecule has 7 heteroatoms. The monoisotopic (exact) mass is 361 g/mol. The van der Waals surface area contributed by atoms with E-state index in [1.807, 2.05) is 42.2 Å². The van der Waals surface area contributed by atoms with Gasteiger partial charge in [0.15, 0.2) is 0 Å². The number of amides is 1. The zero-order valence-corrected chi connectivity index (χ0v) is 15.8. The lowest BCUT2D eigenvalue weighted by Gasteiger charge is -2.20. The highest BCUT2D eigenvalue weighted by Gasteiger charge is 2.15. The quantitative estimate of drug-likeness (QED) is 0.479. The summed E-state index contributed by atoms with van der Waals surface area (Å²) in [6, 6.07) is 9.14. The minimum atomic E-state index is -0.421. The van der Waals surface area contributed by atoms with Gasteiger partial charge < -0.3 is 24.4 Å². The van der Waals surface area contributed by atoms with Gasteiger partial charge in [-0.3, -0.25) is 4.79 Å². The van der Waals surface area contributed by atoms with E-state index in [-0.39, 0.29) is 11.6 Å². The highest BCUT2D eigenvalue weighted by atomic mass is 16.5. The lowest BCUT2D eigenvalue weighted by Crippen LogP contribution is -2.31. The van der Waals surface area contributed by atoms with Crippen LogP contribution in [-0.4, -0.2) is 58.4 Å². The molecular formula is C19H27N3O4. The minimum absolute atomic E-state index is 0.0394. The molecule has 1 aromatic carbocycles. The van der Waals surface area contributed by atoms with Gasteiger partial charge in [0.25, 0.3) is 5.91 Å². The number of nitrogens with zero attached hydrogens (tertiary/aromatic N) is 2. The number of hydrogen-bond donors (Lipinski definition) is 1. The minimum Gasteiger partial charge on any atom is -0.497 e. The molecule has 0 aliphatic rings. The van der Waals surface area contributed by atoms with Gasteiger partial charge >= 0.3 is 0 Å². The molecule has 26 heavy (non-hydrogen) atoms. The van der Waals surface area contributed by atoms with E-state index in [1.54, 1.807) is 27.5 Å². The van der Waals surface area contributed by atoms with Crippen LogP contribution in [-0.2, 0) is 14.3 Å². The van der Waals surface area contributed by atoms with Gasteiger partial charge in [0.05, 0.1) is 26.4 Å². The van der Waals surface area contributed by atoms with E-state index >= 15 is 0 Å². The molecule has 0 aliphatic carbocycles. The van der Waals surface area contributed by atoms with Crippen LogP contribution in [0.15, 0.2) is 36.0 Å². The molecule has 0 saturated heterocycles. The van der Waals surface area contributed by atoms with Crippen LogP contribution < -0.4 is 10.1 Å². The standard InChI is InChI=1S/C19H27N3O4/c1-15(16-5-7-18(26-4)8-6-16)21-19(23)17(13-20)14-22(9-11-24-2)10-12-25-3/h5-8,14-15H,9-12H2,1-4H3,(H,21,23)/b17-14-. The van der Waals surface area contributed by atoms with E-state index in [9.17, 15) is 10.1 Å². The second-order valence-electron chi connectivity index (χ2n) is 5.64.